The molecule has 0 bridgehead atoms. The molecular formula is C22H42O2S. The molecule has 2 saturated carbocycles. The molecule has 2 fully saturated rings. The van der Waals surface area contributed by atoms with Crippen LogP contribution in [0.2, 0.25) is 0 Å². The van der Waals surface area contributed by atoms with Crippen LogP contribution in [0.15, 0.2) is 0 Å². The van der Waals surface area contributed by atoms with Gasteiger partial charge in [0.2, 0.25) is 0 Å². The summed E-state index contributed by atoms with van der Waals surface area (Å²) in [6.45, 7) is 4.52. The molecule has 0 aromatic carbocycles. The van der Waals surface area contributed by atoms with Gasteiger partial charge in [0.25, 0.3) is 0 Å². The standard InChI is InChI=1S/C22H42O2S/c1-4-6-7-8-16-22(25(3,23)24)17-14-21(15-18-22)20-12-10-19(9-5-2)11-13-20/h19-21H,4-18H2,1-3H3. The van der Waals surface area contributed by atoms with Gasteiger partial charge in [0.05, 0.1) is 4.75 Å². The van der Waals surface area contributed by atoms with Crippen LogP contribution in [0.5, 0.6) is 0 Å². The first kappa shape index (κ1) is 21.3. The van der Waals surface area contributed by atoms with E-state index < -0.39 is 14.6 Å². The molecule has 2 aliphatic carbocycles. The zero-order valence-corrected chi connectivity index (χ0v) is 17.9. The van der Waals surface area contributed by atoms with Crippen LogP contribution in [0.25, 0.3) is 0 Å². The van der Waals surface area contributed by atoms with Crippen molar-refractivity contribution in [2.24, 2.45) is 17.8 Å². The molecule has 0 saturated heterocycles. The van der Waals surface area contributed by atoms with Gasteiger partial charge in [-0.3, -0.25) is 0 Å². The van der Waals surface area contributed by atoms with Crippen LogP contribution < -0.4 is 0 Å². The van der Waals surface area contributed by atoms with Gasteiger partial charge < -0.3 is 0 Å². The van der Waals surface area contributed by atoms with Gasteiger partial charge in [0, 0.05) is 6.26 Å². The van der Waals surface area contributed by atoms with Crippen LogP contribution in [-0.4, -0.2) is 19.4 Å². The number of unbranched alkanes of at least 4 members (excludes halogenated alkanes) is 3. The summed E-state index contributed by atoms with van der Waals surface area (Å²) in [5, 5.41) is 0. The molecule has 0 atom stereocenters. The van der Waals surface area contributed by atoms with E-state index in [1.54, 1.807) is 0 Å². The zero-order chi connectivity index (χ0) is 18.3. The first-order valence-corrected chi connectivity index (χ1v) is 13.0. The van der Waals surface area contributed by atoms with Crippen LogP contribution in [0, 0.1) is 17.8 Å². The highest BCUT2D eigenvalue weighted by atomic mass is 32.2. The van der Waals surface area contributed by atoms with E-state index in [4.69, 9.17) is 0 Å². The summed E-state index contributed by atoms with van der Waals surface area (Å²) in [7, 11) is -2.94. The van der Waals surface area contributed by atoms with Crippen LogP contribution in [-0.2, 0) is 9.84 Å². The third kappa shape index (κ3) is 5.71. The molecule has 3 heteroatoms. The summed E-state index contributed by atoms with van der Waals surface area (Å²) in [6.07, 6.45) is 19.7. The second kappa shape index (κ2) is 9.76. The van der Waals surface area contributed by atoms with Gasteiger partial charge >= 0.3 is 0 Å². The van der Waals surface area contributed by atoms with Gasteiger partial charge in [-0.15, -0.1) is 0 Å². The average molecular weight is 371 g/mol. The molecule has 0 radical (unpaired) electrons. The smallest absolute Gasteiger partial charge is 0.153 e. The largest absolute Gasteiger partial charge is 0.229 e. The number of rotatable bonds is 9. The summed E-state index contributed by atoms with van der Waals surface area (Å²) in [5.41, 5.74) is 0. The fraction of sp³-hybridized carbons (Fsp3) is 1.00. The second-order valence-electron chi connectivity index (χ2n) is 9.17. The van der Waals surface area contributed by atoms with Gasteiger partial charge in [0.15, 0.2) is 9.84 Å². The minimum Gasteiger partial charge on any atom is -0.229 e. The van der Waals surface area contributed by atoms with E-state index in [-0.39, 0.29) is 0 Å². The lowest BCUT2D eigenvalue weighted by molar-refractivity contribution is 0.146. The summed E-state index contributed by atoms with van der Waals surface area (Å²) >= 11 is 0. The molecule has 0 heterocycles. The van der Waals surface area contributed by atoms with E-state index in [9.17, 15) is 8.42 Å². The van der Waals surface area contributed by atoms with Crippen molar-refractivity contribution >= 4 is 9.84 Å². The zero-order valence-electron chi connectivity index (χ0n) is 17.1. The molecule has 2 nitrogen and oxygen atoms in total. The molecule has 0 unspecified atom stereocenters. The summed E-state index contributed by atoms with van der Waals surface area (Å²) < 4.78 is 24.7. The van der Waals surface area contributed by atoms with E-state index in [0.717, 1.165) is 56.3 Å². The minimum atomic E-state index is -2.94. The highest BCUT2D eigenvalue weighted by Gasteiger charge is 2.44. The van der Waals surface area contributed by atoms with Crippen LogP contribution in [0.3, 0.4) is 0 Å². The molecule has 0 aromatic rings. The minimum absolute atomic E-state index is 0.392. The van der Waals surface area contributed by atoms with Gasteiger partial charge in [-0.1, -0.05) is 65.2 Å². The molecule has 148 valence electrons. The maximum Gasteiger partial charge on any atom is 0.153 e. The Bertz CT molecular complexity index is 466. The lowest BCUT2D eigenvalue weighted by atomic mass is 9.68. The third-order valence-electron chi connectivity index (χ3n) is 7.47. The molecule has 0 N–H and O–H groups in total. The van der Waals surface area contributed by atoms with Crippen molar-refractivity contribution in [1.29, 1.82) is 0 Å². The quantitative estimate of drug-likeness (QED) is 0.432. The van der Waals surface area contributed by atoms with Crippen molar-refractivity contribution in [2.45, 2.75) is 115 Å². The first-order chi connectivity index (χ1) is 11.9. The van der Waals surface area contributed by atoms with Gasteiger partial charge in [0.1, 0.15) is 0 Å². The van der Waals surface area contributed by atoms with Crippen LogP contribution in [0.1, 0.15) is 110 Å². The average Bonchev–Trinajstić information content (AvgIpc) is 2.59. The maximum atomic E-state index is 12.6. The van der Waals surface area contributed by atoms with Crippen LogP contribution in [0.4, 0.5) is 0 Å². The highest BCUT2D eigenvalue weighted by molar-refractivity contribution is 7.92. The van der Waals surface area contributed by atoms with Crippen molar-refractivity contribution in [3.63, 3.8) is 0 Å². The molecule has 25 heavy (non-hydrogen) atoms. The predicted octanol–water partition coefficient (Wildman–Crippen LogP) is 6.54. The van der Waals surface area contributed by atoms with Gasteiger partial charge in [-0.05, 0) is 62.7 Å². The van der Waals surface area contributed by atoms with Crippen molar-refractivity contribution in [1.82, 2.24) is 0 Å². The Morgan fingerprint density at radius 1 is 0.800 bits per heavy atom. The SMILES string of the molecule is CCCCCCC1(S(C)(=O)=O)CCC(C2CCC(CCC)CC2)CC1. The molecule has 2 rings (SSSR count). The fourth-order valence-corrected chi connectivity index (χ4v) is 7.17. The summed E-state index contributed by atoms with van der Waals surface area (Å²) in [4.78, 5) is 0. The third-order valence-corrected chi connectivity index (χ3v) is 9.65. The van der Waals surface area contributed by atoms with Gasteiger partial charge in [-0.25, -0.2) is 8.42 Å². The van der Waals surface area contributed by atoms with E-state index in [0.29, 0.717) is 0 Å². The van der Waals surface area contributed by atoms with E-state index in [1.165, 1.54) is 64.0 Å². The number of hydrogen-bond acceptors (Lipinski definition) is 2. The van der Waals surface area contributed by atoms with Crippen LogP contribution >= 0.6 is 0 Å². The Kier molecular flexibility index (Phi) is 8.30. The highest BCUT2D eigenvalue weighted by Crippen LogP contribution is 2.47. The Morgan fingerprint density at radius 3 is 1.92 bits per heavy atom. The van der Waals surface area contributed by atoms with Crippen molar-refractivity contribution in [2.75, 3.05) is 6.26 Å². The lowest BCUT2D eigenvalue weighted by Crippen LogP contribution is -2.43. The first-order valence-electron chi connectivity index (χ1n) is 11.1. The molecule has 0 aromatic heterocycles. The Hall–Kier alpha value is -0.0500. The molecule has 0 spiro atoms. The lowest BCUT2D eigenvalue weighted by Gasteiger charge is -2.43. The predicted molar refractivity (Wildman–Crippen MR) is 109 cm³/mol. The summed E-state index contributed by atoms with van der Waals surface area (Å²) in [5.74, 6) is 2.65. The van der Waals surface area contributed by atoms with Crippen molar-refractivity contribution in [3.05, 3.63) is 0 Å². The van der Waals surface area contributed by atoms with Crippen molar-refractivity contribution in [3.8, 4) is 0 Å². The van der Waals surface area contributed by atoms with E-state index in [1.807, 2.05) is 0 Å². The van der Waals surface area contributed by atoms with E-state index in [2.05, 4.69) is 13.8 Å². The van der Waals surface area contributed by atoms with E-state index >= 15 is 0 Å². The monoisotopic (exact) mass is 370 g/mol. The maximum absolute atomic E-state index is 12.6. The fourth-order valence-electron chi connectivity index (χ4n) is 5.67. The Labute approximate surface area is 157 Å². The second-order valence-corrected chi connectivity index (χ2v) is 11.6. The Morgan fingerprint density at radius 2 is 1.40 bits per heavy atom. The molecule has 0 amide bonds. The number of sulfone groups is 1. The molecule has 2 aliphatic rings. The normalized spacial score (nSPS) is 34.1. The van der Waals surface area contributed by atoms with Crippen molar-refractivity contribution < 1.29 is 8.42 Å². The summed E-state index contributed by atoms with van der Waals surface area (Å²) in [6, 6.07) is 0. The Balaban J connectivity index is 1.86. The molecular weight excluding hydrogens is 328 g/mol. The number of hydrogen-bond donors (Lipinski definition) is 0. The topological polar surface area (TPSA) is 34.1 Å². The van der Waals surface area contributed by atoms with Gasteiger partial charge in [-0.2, -0.15) is 0 Å². The molecule has 0 aliphatic heterocycles.